The lowest BCUT2D eigenvalue weighted by atomic mass is 10.1. The third kappa shape index (κ3) is 3.44. The number of rotatable bonds is 2. The third-order valence-electron chi connectivity index (χ3n) is 3.08. The second-order valence-electron chi connectivity index (χ2n) is 4.55. The predicted molar refractivity (Wildman–Crippen MR) is 76.8 cm³/mol. The van der Waals surface area contributed by atoms with Crippen LogP contribution >= 0.6 is 23.2 Å². The van der Waals surface area contributed by atoms with Gasteiger partial charge in [0, 0.05) is 6.04 Å². The molecule has 5 nitrogen and oxygen atoms in total. The second kappa shape index (κ2) is 5.89. The minimum atomic E-state index is -3.35. The Labute approximate surface area is 127 Å². The number of sulfone groups is 1. The molecule has 0 spiro atoms. The van der Waals surface area contributed by atoms with Crippen LogP contribution in [0.5, 0.6) is 0 Å². The molecule has 0 aliphatic carbocycles. The molecule has 2 unspecified atom stereocenters. The molecule has 0 aromatic heterocycles. The lowest BCUT2D eigenvalue weighted by Gasteiger charge is -2.29. The highest BCUT2D eigenvalue weighted by Gasteiger charge is 2.36. The summed E-state index contributed by atoms with van der Waals surface area (Å²) in [6.07, 6.45) is 0. The van der Waals surface area contributed by atoms with Gasteiger partial charge in [0.1, 0.15) is 6.04 Å². The largest absolute Gasteiger partial charge is 0.468 e. The number of benzene rings is 1. The van der Waals surface area contributed by atoms with Gasteiger partial charge in [-0.25, -0.2) is 8.42 Å². The molecular formula is C12H13Cl2NO4S. The van der Waals surface area contributed by atoms with Crippen molar-refractivity contribution in [3.05, 3.63) is 33.8 Å². The van der Waals surface area contributed by atoms with E-state index in [4.69, 9.17) is 23.2 Å². The van der Waals surface area contributed by atoms with Crippen LogP contribution in [-0.4, -0.2) is 39.0 Å². The quantitative estimate of drug-likeness (QED) is 0.829. The fraction of sp³-hybridized carbons (Fsp3) is 0.417. The van der Waals surface area contributed by atoms with Gasteiger partial charge < -0.3 is 4.74 Å². The van der Waals surface area contributed by atoms with E-state index in [1.165, 1.54) is 7.11 Å². The molecular weight excluding hydrogens is 325 g/mol. The molecule has 8 heteroatoms. The second-order valence-corrected chi connectivity index (χ2v) is 7.51. The number of carbonyl (C=O) groups excluding carboxylic acids is 1. The maximum absolute atomic E-state index is 11.9. The fourth-order valence-electron chi connectivity index (χ4n) is 2.11. The first-order valence-corrected chi connectivity index (χ1v) is 8.39. The number of ether oxygens (including phenoxy) is 1. The Morgan fingerprint density at radius 3 is 2.60 bits per heavy atom. The number of halogens is 2. The minimum absolute atomic E-state index is 0.0988. The van der Waals surface area contributed by atoms with Crippen LogP contribution in [0.1, 0.15) is 11.6 Å². The van der Waals surface area contributed by atoms with Gasteiger partial charge in [-0.2, -0.15) is 0 Å². The van der Waals surface area contributed by atoms with Crippen LogP contribution in [-0.2, 0) is 19.4 Å². The molecule has 0 radical (unpaired) electrons. The van der Waals surface area contributed by atoms with Gasteiger partial charge in [-0.3, -0.25) is 10.1 Å². The van der Waals surface area contributed by atoms with Crippen molar-refractivity contribution in [3.8, 4) is 0 Å². The van der Waals surface area contributed by atoms with E-state index >= 15 is 0 Å². The van der Waals surface area contributed by atoms with Crippen molar-refractivity contribution >= 4 is 39.0 Å². The molecule has 1 aromatic carbocycles. The first-order chi connectivity index (χ1) is 9.32. The topological polar surface area (TPSA) is 72.5 Å². The van der Waals surface area contributed by atoms with Gasteiger partial charge in [-0.05, 0) is 17.7 Å². The lowest BCUT2D eigenvalue weighted by molar-refractivity contribution is -0.142. The number of methoxy groups -OCH3 is 1. The van der Waals surface area contributed by atoms with Gasteiger partial charge in [-0.15, -0.1) is 0 Å². The zero-order chi connectivity index (χ0) is 14.9. The van der Waals surface area contributed by atoms with Crippen LogP contribution in [0.3, 0.4) is 0 Å². The Bertz CT molecular complexity index is 632. The number of hydrogen-bond acceptors (Lipinski definition) is 5. The Morgan fingerprint density at radius 2 is 2.00 bits per heavy atom. The molecule has 0 saturated carbocycles. The van der Waals surface area contributed by atoms with Gasteiger partial charge >= 0.3 is 5.97 Å². The molecule has 0 amide bonds. The first kappa shape index (κ1) is 15.6. The molecule has 1 fully saturated rings. The predicted octanol–water partition coefficient (Wildman–Crippen LogP) is 1.59. The summed E-state index contributed by atoms with van der Waals surface area (Å²) >= 11 is 11.8. The minimum Gasteiger partial charge on any atom is -0.468 e. The van der Waals surface area contributed by atoms with Crippen molar-refractivity contribution < 1.29 is 17.9 Å². The first-order valence-electron chi connectivity index (χ1n) is 5.81. The Kier molecular flexibility index (Phi) is 4.59. The van der Waals surface area contributed by atoms with Crippen molar-refractivity contribution in [1.29, 1.82) is 0 Å². The Balaban J connectivity index is 2.30. The highest BCUT2D eigenvalue weighted by atomic mass is 35.5. The van der Waals surface area contributed by atoms with Crippen LogP contribution in [0.4, 0.5) is 0 Å². The molecule has 1 aromatic rings. The van der Waals surface area contributed by atoms with Crippen LogP contribution < -0.4 is 5.32 Å². The highest BCUT2D eigenvalue weighted by Crippen LogP contribution is 2.28. The van der Waals surface area contributed by atoms with Crippen molar-refractivity contribution in [1.82, 2.24) is 5.32 Å². The SMILES string of the molecule is COC(=O)C1CS(=O)(=O)CC(c2ccc(Cl)c(Cl)c2)N1. The maximum Gasteiger partial charge on any atom is 0.323 e. The molecule has 2 atom stereocenters. The van der Waals surface area contributed by atoms with Gasteiger partial charge in [0.2, 0.25) is 0 Å². The van der Waals surface area contributed by atoms with E-state index in [-0.39, 0.29) is 11.5 Å². The van der Waals surface area contributed by atoms with E-state index < -0.39 is 27.9 Å². The third-order valence-corrected chi connectivity index (χ3v) is 5.50. The average Bonchev–Trinajstić information content (AvgIpc) is 2.39. The molecule has 1 aliphatic rings. The summed E-state index contributed by atoms with van der Waals surface area (Å²) in [4.78, 5) is 11.6. The van der Waals surface area contributed by atoms with E-state index in [0.717, 1.165) is 0 Å². The van der Waals surface area contributed by atoms with Crippen LogP contribution in [0, 0.1) is 0 Å². The standard InChI is InChI=1S/C12H13Cl2NO4S/c1-19-12(16)11-6-20(17,18)5-10(15-11)7-2-3-8(13)9(14)4-7/h2-4,10-11,15H,5-6H2,1H3. The van der Waals surface area contributed by atoms with E-state index in [1.54, 1.807) is 18.2 Å². The molecule has 0 bridgehead atoms. The summed E-state index contributed by atoms with van der Waals surface area (Å²) < 4.78 is 28.4. The van der Waals surface area contributed by atoms with Crippen molar-refractivity contribution in [2.45, 2.75) is 12.1 Å². The fourth-order valence-corrected chi connectivity index (χ4v) is 4.09. The molecule has 1 N–H and O–H groups in total. The van der Waals surface area contributed by atoms with Crippen molar-refractivity contribution in [3.63, 3.8) is 0 Å². The Morgan fingerprint density at radius 1 is 1.30 bits per heavy atom. The molecule has 1 heterocycles. The van der Waals surface area contributed by atoms with Gasteiger partial charge in [0.15, 0.2) is 9.84 Å². The Hall–Kier alpha value is -0.820. The smallest absolute Gasteiger partial charge is 0.323 e. The zero-order valence-electron chi connectivity index (χ0n) is 10.6. The molecule has 20 heavy (non-hydrogen) atoms. The van der Waals surface area contributed by atoms with Crippen LogP contribution in [0.15, 0.2) is 18.2 Å². The summed E-state index contributed by atoms with van der Waals surface area (Å²) in [5.74, 6) is -0.964. The van der Waals surface area contributed by atoms with Crippen LogP contribution in [0.2, 0.25) is 10.0 Å². The van der Waals surface area contributed by atoms with E-state index in [0.29, 0.717) is 15.6 Å². The number of hydrogen-bond donors (Lipinski definition) is 1. The molecule has 2 rings (SSSR count). The maximum atomic E-state index is 11.9. The van der Waals surface area contributed by atoms with Gasteiger partial charge in [-0.1, -0.05) is 29.3 Å². The summed E-state index contributed by atoms with van der Waals surface area (Å²) in [5.41, 5.74) is 0.663. The number of carbonyl (C=O) groups is 1. The zero-order valence-corrected chi connectivity index (χ0v) is 12.9. The van der Waals surface area contributed by atoms with Crippen molar-refractivity contribution in [2.75, 3.05) is 18.6 Å². The van der Waals surface area contributed by atoms with E-state index in [9.17, 15) is 13.2 Å². The molecule has 1 saturated heterocycles. The lowest BCUT2D eigenvalue weighted by Crippen LogP contribution is -2.51. The van der Waals surface area contributed by atoms with Gasteiger partial charge in [0.05, 0.1) is 28.7 Å². The normalized spacial score (nSPS) is 25.1. The van der Waals surface area contributed by atoms with Crippen molar-refractivity contribution in [2.24, 2.45) is 0 Å². The summed E-state index contributed by atoms with van der Waals surface area (Å²) in [6, 6.07) is 3.47. The van der Waals surface area contributed by atoms with E-state index in [1.807, 2.05) is 0 Å². The van der Waals surface area contributed by atoms with Crippen LogP contribution in [0.25, 0.3) is 0 Å². The summed E-state index contributed by atoms with van der Waals surface area (Å²) in [5, 5.41) is 3.69. The summed E-state index contributed by atoms with van der Waals surface area (Å²) in [6.45, 7) is 0. The van der Waals surface area contributed by atoms with Gasteiger partial charge in [0.25, 0.3) is 0 Å². The monoisotopic (exact) mass is 337 g/mol. The van der Waals surface area contributed by atoms with E-state index in [2.05, 4.69) is 10.1 Å². The molecule has 110 valence electrons. The molecule has 1 aliphatic heterocycles. The number of nitrogens with one attached hydrogen (secondary N) is 1. The average molecular weight is 338 g/mol. The highest BCUT2D eigenvalue weighted by molar-refractivity contribution is 7.91. The number of esters is 1. The summed E-state index contributed by atoms with van der Waals surface area (Å²) in [7, 11) is -2.13.